The molecule has 0 amide bonds. The summed E-state index contributed by atoms with van der Waals surface area (Å²) in [5.74, 6) is 0. The summed E-state index contributed by atoms with van der Waals surface area (Å²) in [4.78, 5) is 0.314. The van der Waals surface area contributed by atoms with E-state index in [0.717, 1.165) is 12.8 Å². The van der Waals surface area contributed by atoms with Crippen LogP contribution in [0.1, 0.15) is 19.3 Å². The van der Waals surface area contributed by atoms with E-state index in [1.807, 2.05) is 0 Å². The zero-order chi connectivity index (χ0) is 11.8. The molecule has 1 aliphatic carbocycles. The Morgan fingerprint density at radius 1 is 1.12 bits per heavy atom. The quantitative estimate of drug-likeness (QED) is 0.778. The zero-order valence-electron chi connectivity index (χ0n) is 8.57. The molecule has 0 spiro atoms. The van der Waals surface area contributed by atoms with Crippen molar-refractivity contribution in [2.24, 2.45) is 0 Å². The maximum absolute atomic E-state index is 12.2. The molecule has 5 heteroatoms. The van der Waals surface area contributed by atoms with Gasteiger partial charge in [0.25, 0.3) is 0 Å². The van der Waals surface area contributed by atoms with Crippen molar-refractivity contribution in [3.8, 4) is 0 Å². The molecule has 88 valence electrons. The van der Waals surface area contributed by atoms with E-state index in [1.165, 1.54) is 0 Å². The lowest BCUT2D eigenvalue weighted by molar-refractivity contribution is 0.580. The molecule has 0 aromatic heterocycles. The van der Waals surface area contributed by atoms with Crippen LogP contribution in [0.15, 0.2) is 29.2 Å². The summed E-state index contributed by atoms with van der Waals surface area (Å²) in [6.07, 6.45) is 2.31. The number of benzene rings is 1. The van der Waals surface area contributed by atoms with Crippen LogP contribution >= 0.6 is 23.2 Å². The lowest BCUT2D eigenvalue weighted by Crippen LogP contribution is -2.25. The Hall–Kier alpha value is -0.250. The first kappa shape index (κ1) is 12.2. The van der Waals surface area contributed by atoms with Crippen LogP contribution in [0.25, 0.3) is 0 Å². The minimum absolute atomic E-state index is 0.263. The smallest absolute Gasteiger partial charge is 0.182 e. The highest BCUT2D eigenvalue weighted by Crippen LogP contribution is 2.33. The molecule has 0 radical (unpaired) electrons. The van der Waals surface area contributed by atoms with Gasteiger partial charge in [0.1, 0.15) is 0 Å². The molecule has 2 rings (SSSR count). The zero-order valence-corrected chi connectivity index (χ0v) is 10.9. The van der Waals surface area contributed by atoms with Gasteiger partial charge in [0.05, 0.1) is 15.5 Å². The molecular weight excluding hydrogens is 267 g/mol. The molecule has 0 aliphatic heterocycles. The minimum Gasteiger partial charge on any atom is -0.223 e. The van der Waals surface area contributed by atoms with E-state index < -0.39 is 15.1 Å². The summed E-state index contributed by atoms with van der Waals surface area (Å²) in [5, 5.41) is -0.177. The third-order valence-electron chi connectivity index (χ3n) is 2.91. The highest BCUT2D eigenvalue weighted by atomic mass is 35.5. The Balaban J connectivity index is 2.35. The molecule has 2 atom stereocenters. The van der Waals surface area contributed by atoms with Crippen molar-refractivity contribution >= 4 is 33.0 Å². The van der Waals surface area contributed by atoms with E-state index in [0.29, 0.717) is 16.3 Å². The maximum Gasteiger partial charge on any atom is 0.182 e. The highest BCUT2D eigenvalue weighted by Gasteiger charge is 2.37. The van der Waals surface area contributed by atoms with Crippen molar-refractivity contribution in [2.45, 2.75) is 34.8 Å². The van der Waals surface area contributed by atoms with Gasteiger partial charge in [0, 0.05) is 5.02 Å². The van der Waals surface area contributed by atoms with E-state index in [1.54, 1.807) is 24.3 Å². The van der Waals surface area contributed by atoms with E-state index in [9.17, 15) is 8.42 Å². The van der Waals surface area contributed by atoms with Gasteiger partial charge in [-0.3, -0.25) is 0 Å². The number of rotatable bonds is 2. The van der Waals surface area contributed by atoms with Crippen molar-refractivity contribution in [2.75, 3.05) is 0 Å². The molecule has 0 N–H and O–H groups in total. The highest BCUT2D eigenvalue weighted by molar-refractivity contribution is 7.92. The van der Waals surface area contributed by atoms with Crippen molar-refractivity contribution in [3.63, 3.8) is 0 Å². The Bertz CT molecular complexity index is 467. The molecule has 1 aromatic rings. The van der Waals surface area contributed by atoms with Gasteiger partial charge in [-0.1, -0.05) is 18.0 Å². The molecule has 0 heterocycles. The van der Waals surface area contributed by atoms with E-state index >= 15 is 0 Å². The average molecular weight is 279 g/mol. The van der Waals surface area contributed by atoms with Crippen LogP contribution in [0.2, 0.25) is 5.02 Å². The topological polar surface area (TPSA) is 34.1 Å². The fourth-order valence-electron chi connectivity index (χ4n) is 2.03. The van der Waals surface area contributed by atoms with Crippen molar-refractivity contribution in [1.29, 1.82) is 0 Å². The number of hydrogen-bond acceptors (Lipinski definition) is 2. The van der Waals surface area contributed by atoms with Crippen LogP contribution in [-0.2, 0) is 9.84 Å². The maximum atomic E-state index is 12.2. The van der Waals surface area contributed by atoms with Gasteiger partial charge >= 0.3 is 0 Å². The summed E-state index contributed by atoms with van der Waals surface area (Å²) < 4.78 is 24.5. The van der Waals surface area contributed by atoms with Gasteiger partial charge in [-0.2, -0.15) is 0 Å². The molecule has 2 nitrogen and oxygen atoms in total. The predicted molar refractivity (Wildman–Crippen MR) is 65.9 cm³/mol. The van der Waals surface area contributed by atoms with Crippen molar-refractivity contribution in [1.82, 2.24) is 0 Å². The summed E-state index contributed by atoms with van der Waals surface area (Å²) >= 11 is 11.8. The SMILES string of the molecule is O=S(=O)(c1ccc(Cl)cc1)[C@H]1CCC[C@H]1Cl. The van der Waals surface area contributed by atoms with Crippen LogP contribution in [0.4, 0.5) is 0 Å². The number of hydrogen-bond donors (Lipinski definition) is 0. The second-order valence-corrected chi connectivity index (χ2v) is 7.15. The van der Waals surface area contributed by atoms with Crippen LogP contribution in [0.3, 0.4) is 0 Å². The Morgan fingerprint density at radius 3 is 2.25 bits per heavy atom. The summed E-state index contributed by atoms with van der Waals surface area (Å²) in [5.41, 5.74) is 0. The number of sulfone groups is 1. The Labute approximate surface area is 105 Å². The first-order valence-corrected chi connectivity index (χ1v) is 7.51. The number of alkyl halides is 1. The fourth-order valence-corrected chi connectivity index (χ4v) is 4.71. The predicted octanol–water partition coefficient (Wildman–Crippen LogP) is 3.27. The summed E-state index contributed by atoms with van der Waals surface area (Å²) in [6.45, 7) is 0. The first-order chi connectivity index (χ1) is 7.51. The lowest BCUT2D eigenvalue weighted by Gasteiger charge is -2.14. The Kier molecular flexibility index (Phi) is 3.48. The first-order valence-electron chi connectivity index (χ1n) is 5.15. The molecule has 1 fully saturated rings. The van der Waals surface area contributed by atoms with Gasteiger partial charge in [0.15, 0.2) is 9.84 Å². The van der Waals surface area contributed by atoms with Crippen LogP contribution < -0.4 is 0 Å². The van der Waals surface area contributed by atoms with Gasteiger partial charge in [0.2, 0.25) is 0 Å². The second kappa shape index (κ2) is 4.55. The molecule has 0 bridgehead atoms. The van der Waals surface area contributed by atoms with Gasteiger partial charge in [-0.25, -0.2) is 8.42 Å². The van der Waals surface area contributed by atoms with E-state index in [-0.39, 0.29) is 5.38 Å². The molecule has 1 aliphatic rings. The van der Waals surface area contributed by atoms with Crippen molar-refractivity contribution in [3.05, 3.63) is 29.3 Å². The third kappa shape index (κ3) is 2.22. The van der Waals surface area contributed by atoms with Crippen LogP contribution in [0, 0.1) is 0 Å². The monoisotopic (exact) mass is 278 g/mol. The standard InChI is InChI=1S/C11H12Cl2O2S/c12-8-4-6-9(7-5-8)16(14,15)11-3-1-2-10(11)13/h4-7,10-11H,1-3H2/t10-,11+/m1/s1. The van der Waals surface area contributed by atoms with E-state index in [4.69, 9.17) is 23.2 Å². The van der Waals surface area contributed by atoms with Crippen LogP contribution in [-0.4, -0.2) is 19.0 Å². The lowest BCUT2D eigenvalue weighted by atomic mass is 10.4. The van der Waals surface area contributed by atoms with Crippen LogP contribution in [0.5, 0.6) is 0 Å². The third-order valence-corrected chi connectivity index (χ3v) is 6.13. The summed E-state index contributed by atoms with van der Waals surface area (Å²) in [6, 6.07) is 6.26. The van der Waals surface area contributed by atoms with Gasteiger partial charge < -0.3 is 0 Å². The average Bonchev–Trinajstić information content (AvgIpc) is 2.66. The number of halogens is 2. The van der Waals surface area contributed by atoms with Gasteiger partial charge in [-0.05, 0) is 37.1 Å². The molecule has 1 saturated carbocycles. The van der Waals surface area contributed by atoms with Crippen molar-refractivity contribution < 1.29 is 8.42 Å². The van der Waals surface area contributed by atoms with Gasteiger partial charge in [-0.15, -0.1) is 11.6 Å². The molecule has 0 saturated heterocycles. The normalized spacial score (nSPS) is 25.9. The molecular formula is C11H12Cl2O2S. The second-order valence-electron chi connectivity index (χ2n) is 3.98. The molecule has 0 unspecified atom stereocenters. The Morgan fingerprint density at radius 2 is 1.75 bits per heavy atom. The largest absolute Gasteiger partial charge is 0.223 e. The fraction of sp³-hybridized carbons (Fsp3) is 0.455. The van der Waals surface area contributed by atoms with E-state index in [2.05, 4.69) is 0 Å². The molecule has 1 aromatic carbocycles. The minimum atomic E-state index is -3.30. The molecule has 16 heavy (non-hydrogen) atoms. The summed E-state index contributed by atoms with van der Waals surface area (Å²) in [7, 11) is -3.30.